The molecule has 1 amide bonds. The molecule has 33 heavy (non-hydrogen) atoms. The first kappa shape index (κ1) is 21.1. The second-order valence-electron chi connectivity index (χ2n) is 7.40. The zero-order chi connectivity index (χ0) is 23.0. The van der Waals surface area contributed by atoms with Crippen molar-refractivity contribution >= 4 is 60.6 Å². The van der Waals surface area contributed by atoms with Gasteiger partial charge in [0.05, 0.1) is 10.6 Å². The Balaban J connectivity index is 1.35. The Morgan fingerprint density at radius 2 is 1.58 bits per heavy atom. The van der Waals surface area contributed by atoms with Crippen LogP contribution in [0, 0.1) is 0 Å². The van der Waals surface area contributed by atoms with Gasteiger partial charge in [-0.05, 0) is 65.4 Å². The van der Waals surface area contributed by atoms with Gasteiger partial charge in [0.2, 0.25) is 0 Å². The van der Waals surface area contributed by atoms with Crippen LogP contribution in [0.4, 0.5) is 11.4 Å². The van der Waals surface area contributed by atoms with Gasteiger partial charge in [-0.25, -0.2) is 8.42 Å². The Hall–Kier alpha value is -3.81. The highest BCUT2D eigenvalue weighted by Crippen LogP contribution is 2.28. The molecule has 0 saturated carbocycles. The molecule has 0 aliphatic heterocycles. The lowest BCUT2D eigenvalue weighted by molar-refractivity contribution is 0.0998. The maximum atomic E-state index is 12.7. The highest BCUT2D eigenvalue weighted by atomic mass is 35.5. The average Bonchev–Trinajstić information content (AvgIpc) is 3.24. The van der Waals surface area contributed by atoms with Crippen molar-refractivity contribution in [2.75, 3.05) is 10.0 Å². The summed E-state index contributed by atoms with van der Waals surface area (Å²) < 4.78 is 33.4. The molecule has 2 N–H and O–H groups in total. The van der Waals surface area contributed by atoms with E-state index in [1.165, 1.54) is 30.3 Å². The molecule has 0 saturated heterocycles. The van der Waals surface area contributed by atoms with E-state index in [4.69, 9.17) is 16.0 Å². The van der Waals surface area contributed by atoms with Gasteiger partial charge in [0.25, 0.3) is 15.9 Å². The molecule has 0 fully saturated rings. The molecule has 0 unspecified atom stereocenters. The number of fused-ring (bicyclic) bond motifs is 3. The fourth-order valence-electron chi connectivity index (χ4n) is 3.58. The molecule has 0 bridgehead atoms. The summed E-state index contributed by atoms with van der Waals surface area (Å²) in [6.45, 7) is 0. The first-order valence-electron chi connectivity index (χ1n) is 10.0. The summed E-state index contributed by atoms with van der Waals surface area (Å²) in [7, 11) is -3.81. The van der Waals surface area contributed by atoms with Gasteiger partial charge in [0.15, 0.2) is 5.76 Å². The molecule has 6 nitrogen and oxygen atoms in total. The molecule has 4 aromatic carbocycles. The van der Waals surface area contributed by atoms with Gasteiger partial charge in [0, 0.05) is 16.1 Å². The highest BCUT2D eigenvalue weighted by molar-refractivity contribution is 7.92. The Morgan fingerprint density at radius 3 is 2.36 bits per heavy atom. The molecule has 1 heterocycles. The van der Waals surface area contributed by atoms with Crippen LogP contribution >= 0.6 is 11.6 Å². The van der Waals surface area contributed by atoms with E-state index >= 15 is 0 Å². The lowest BCUT2D eigenvalue weighted by Crippen LogP contribution is -2.14. The van der Waals surface area contributed by atoms with Crippen molar-refractivity contribution in [3.8, 4) is 0 Å². The number of furan rings is 1. The highest BCUT2D eigenvalue weighted by Gasteiger charge is 2.17. The fourth-order valence-corrected chi connectivity index (χ4v) is 4.82. The molecule has 0 radical (unpaired) electrons. The van der Waals surface area contributed by atoms with Gasteiger partial charge in [0.1, 0.15) is 5.58 Å². The normalized spacial score (nSPS) is 11.5. The van der Waals surface area contributed by atoms with Crippen LogP contribution in [0.1, 0.15) is 10.6 Å². The first-order valence-corrected chi connectivity index (χ1v) is 11.9. The summed E-state index contributed by atoms with van der Waals surface area (Å²) in [6, 6.07) is 25.6. The second kappa shape index (κ2) is 8.27. The largest absolute Gasteiger partial charge is 0.451 e. The number of benzene rings is 4. The molecule has 0 aliphatic rings. The average molecular weight is 477 g/mol. The summed E-state index contributed by atoms with van der Waals surface area (Å²) >= 11 is 5.91. The van der Waals surface area contributed by atoms with E-state index in [-0.39, 0.29) is 10.7 Å². The minimum atomic E-state index is -3.81. The monoisotopic (exact) mass is 476 g/mol. The van der Waals surface area contributed by atoms with Crippen molar-refractivity contribution in [2.45, 2.75) is 4.90 Å². The molecular formula is C25H17ClN2O4S. The number of hydrogen-bond acceptors (Lipinski definition) is 4. The molecule has 0 spiro atoms. The fraction of sp³-hybridized carbons (Fsp3) is 0. The van der Waals surface area contributed by atoms with Crippen LogP contribution in [0.5, 0.6) is 0 Å². The van der Waals surface area contributed by atoms with Crippen LogP contribution < -0.4 is 10.0 Å². The number of rotatable bonds is 5. The quantitative estimate of drug-likeness (QED) is 0.312. The van der Waals surface area contributed by atoms with Crippen LogP contribution in [-0.2, 0) is 10.0 Å². The maximum Gasteiger partial charge on any atom is 0.291 e. The van der Waals surface area contributed by atoms with E-state index in [1.54, 1.807) is 24.3 Å². The summed E-state index contributed by atoms with van der Waals surface area (Å²) in [5.41, 5.74) is 1.41. The molecule has 0 atom stereocenters. The zero-order valence-corrected chi connectivity index (χ0v) is 18.7. The standard InChI is InChI=1S/C25H17ClN2O4S/c26-17-5-3-6-19(14-17)28-33(30,31)20-11-9-18(10-12-20)27-25(29)24-15-22-21-7-2-1-4-16(21)8-13-23(22)32-24/h1-15,28H,(H,27,29). The van der Waals surface area contributed by atoms with Crippen LogP contribution in [0.2, 0.25) is 5.02 Å². The Kier molecular flexibility index (Phi) is 5.28. The van der Waals surface area contributed by atoms with E-state index in [0.717, 1.165) is 16.2 Å². The van der Waals surface area contributed by atoms with Gasteiger partial charge in [-0.15, -0.1) is 0 Å². The van der Waals surface area contributed by atoms with Gasteiger partial charge < -0.3 is 9.73 Å². The lowest BCUT2D eigenvalue weighted by atomic mass is 10.1. The maximum absolute atomic E-state index is 12.7. The SMILES string of the molecule is O=C(Nc1ccc(S(=O)(=O)Nc2cccc(Cl)c2)cc1)c1cc2c(ccc3ccccc32)o1. The van der Waals surface area contributed by atoms with Crippen molar-refractivity contribution in [3.05, 3.63) is 102 Å². The number of anilines is 2. The van der Waals surface area contributed by atoms with Crippen LogP contribution in [0.25, 0.3) is 21.7 Å². The summed E-state index contributed by atoms with van der Waals surface area (Å²) in [5.74, 6) is -0.261. The Bertz CT molecular complexity index is 1610. The lowest BCUT2D eigenvalue weighted by Gasteiger charge is -2.09. The third kappa shape index (κ3) is 4.28. The van der Waals surface area contributed by atoms with Crippen LogP contribution in [0.3, 0.4) is 0 Å². The van der Waals surface area contributed by atoms with Crippen molar-refractivity contribution in [1.82, 2.24) is 0 Å². The molecule has 164 valence electrons. The third-order valence-electron chi connectivity index (χ3n) is 5.15. The Morgan fingerprint density at radius 1 is 0.788 bits per heavy atom. The number of nitrogens with one attached hydrogen (secondary N) is 2. The van der Waals surface area contributed by atoms with E-state index in [0.29, 0.717) is 22.0 Å². The van der Waals surface area contributed by atoms with E-state index in [1.807, 2.05) is 36.4 Å². The number of carbonyl (C=O) groups is 1. The predicted octanol–water partition coefficient (Wildman–Crippen LogP) is 6.29. The second-order valence-corrected chi connectivity index (χ2v) is 9.52. The third-order valence-corrected chi connectivity index (χ3v) is 6.78. The van der Waals surface area contributed by atoms with Crippen LogP contribution in [0.15, 0.2) is 100 Å². The van der Waals surface area contributed by atoms with Gasteiger partial charge in [-0.1, -0.05) is 48.0 Å². The molecule has 5 rings (SSSR count). The number of hydrogen-bond donors (Lipinski definition) is 2. The number of amides is 1. The smallest absolute Gasteiger partial charge is 0.291 e. The zero-order valence-electron chi connectivity index (χ0n) is 17.1. The van der Waals surface area contributed by atoms with Gasteiger partial charge in [-0.2, -0.15) is 0 Å². The van der Waals surface area contributed by atoms with Crippen LogP contribution in [-0.4, -0.2) is 14.3 Å². The van der Waals surface area contributed by atoms with Gasteiger partial charge >= 0.3 is 0 Å². The molecule has 8 heteroatoms. The molecule has 0 aliphatic carbocycles. The summed E-state index contributed by atoms with van der Waals surface area (Å²) in [5, 5.41) is 6.07. The van der Waals surface area contributed by atoms with Crippen molar-refractivity contribution in [3.63, 3.8) is 0 Å². The van der Waals surface area contributed by atoms with E-state index < -0.39 is 15.9 Å². The topological polar surface area (TPSA) is 88.4 Å². The minimum Gasteiger partial charge on any atom is -0.451 e. The first-order chi connectivity index (χ1) is 15.9. The van der Waals surface area contributed by atoms with Crippen molar-refractivity contribution in [2.24, 2.45) is 0 Å². The van der Waals surface area contributed by atoms with Crippen molar-refractivity contribution < 1.29 is 17.6 Å². The van der Waals surface area contributed by atoms with Crippen molar-refractivity contribution in [1.29, 1.82) is 0 Å². The van der Waals surface area contributed by atoms with E-state index in [2.05, 4.69) is 10.0 Å². The van der Waals surface area contributed by atoms with Gasteiger partial charge in [-0.3, -0.25) is 9.52 Å². The van der Waals surface area contributed by atoms with E-state index in [9.17, 15) is 13.2 Å². The minimum absolute atomic E-state index is 0.0516. The number of halogens is 1. The molecular weight excluding hydrogens is 460 g/mol. The summed E-state index contributed by atoms with van der Waals surface area (Å²) in [4.78, 5) is 12.8. The summed E-state index contributed by atoms with van der Waals surface area (Å²) in [6.07, 6.45) is 0. The Labute approximate surface area is 194 Å². The molecule has 5 aromatic rings. The predicted molar refractivity (Wildman–Crippen MR) is 130 cm³/mol. The number of sulfonamides is 1. The molecule has 1 aromatic heterocycles. The number of carbonyl (C=O) groups excluding carboxylic acids is 1.